The number of hydrogen-bond acceptors (Lipinski definition) is 5. The molecule has 0 bridgehead atoms. The number of hydrogen-bond donors (Lipinski definition) is 1. The van der Waals surface area contributed by atoms with Gasteiger partial charge >= 0.3 is 6.18 Å². The number of benzene rings is 1. The maximum Gasteiger partial charge on any atom is 0.408 e. The van der Waals surface area contributed by atoms with Crippen molar-refractivity contribution in [2.75, 3.05) is 5.73 Å². The highest BCUT2D eigenvalue weighted by Gasteiger charge is 2.28. The Morgan fingerprint density at radius 1 is 0.971 bits per heavy atom. The lowest BCUT2D eigenvalue weighted by Gasteiger charge is -2.16. The van der Waals surface area contributed by atoms with Crippen molar-refractivity contribution in [3.63, 3.8) is 0 Å². The second kappa shape index (κ2) is 8.53. The summed E-state index contributed by atoms with van der Waals surface area (Å²) in [5.74, 6) is -0.277. The third-order valence-corrected chi connectivity index (χ3v) is 5.62. The van der Waals surface area contributed by atoms with E-state index in [4.69, 9.17) is 5.73 Å². The van der Waals surface area contributed by atoms with Crippen molar-refractivity contribution in [3.8, 4) is 22.4 Å². The summed E-state index contributed by atoms with van der Waals surface area (Å²) in [6.45, 7) is 0.807. The zero-order valence-electron chi connectivity index (χ0n) is 18.5. The summed E-state index contributed by atoms with van der Waals surface area (Å²) in [6, 6.07) is 9.73. The first-order valence-electron chi connectivity index (χ1n) is 10.8. The first-order chi connectivity index (χ1) is 16.7. The van der Waals surface area contributed by atoms with Crippen molar-refractivity contribution in [3.05, 3.63) is 72.6 Å². The molecular formula is C23H20F4N8. The lowest BCUT2D eigenvalue weighted by atomic mass is 10.0. The Morgan fingerprint density at radius 3 is 2.43 bits per heavy atom. The zero-order valence-corrected chi connectivity index (χ0v) is 18.5. The number of alkyl halides is 3. The van der Waals surface area contributed by atoms with Crippen LogP contribution in [0.15, 0.2) is 61.2 Å². The van der Waals surface area contributed by atoms with E-state index in [2.05, 4.69) is 20.3 Å². The van der Waals surface area contributed by atoms with Gasteiger partial charge in [-0.3, -0.25) is 9.36 Å². The molecule has 8 nitrogen and oxygen atoms in total. The second-order valence-electron chi connectivity index (χ2n) is 8.10. The summed E-state index contributed by atoms with van der Waals surface area (Å²) < 4.78 is 55.9. The predicted molar refractivity (Wildman–Crippen MR) is 121 cm³/mol. The van der Waals surface area contributed by atoms with Crippen LogP contribution in [0.5, 0.6) is 0 Å². The minimum absolute atomic E-state index is 0.0316. The summed E-state index contributed by atoms with van der Waals surface area (Å²) >= 11 is 0. The van der Waals surface area contributed by atoms with E-state index in [9.17, 15) is 17.6 Å². The van der Waals surface area contributed by atoms with Crippen LogP contribution in [0, 0.1) is 5.82 Å². The van der Waals surface area contributed by atoms with Gasteiger partial charge in [0.2, 0.25) is 5.95 Å². The van der Waals surface area contributed by atoms with Gasteiger partial charge in [0.1, 0.15) is 12.4 Å². The summed E-state index contributed by atoms with van der Waals surface area (Å²) in [7, 11) is 0. The van der Waals surface area contributed by atoms with Crippen molar-refractivity contribution in [2.45, 2.75) is 32.1 Å². The van der Waals surface area contributed by atoms with E-state index in [-0.39, 0.29) is 17.8 Å². The lowest BCUT2D eigenvalue weighted by molar-refractivity contribution is -0.142. The van der Waals surface area contributed by atoms with E-state index in [1.807, 2.05) is 13.1 Å². The molecule has 4 heterocycles. The maximum atomic E-state index is 13.4. The Labute approximate surface area is 196 Å². The Hall–Kier alpha value is -4.22. The van der Waals surface area contributed by atoms with Crippen LogP contribution < -0.4 is 5.73 Å². The molecule has 0 aliphatic rings. The molecule has 35 heavy (non-hydrogen) atoms. The van der Waals surface area contributed by atoms with Crippen LogP contribution in [0.25, 0.3) is 28.0 Å². The third kappa shape index (κ3) is 4.59. The Morgan fingerprint density at radius 2 is 1.71 bits per heavy atom. The van der Waals surface area contributed by atoms with Crippen LogP contribution in [0.2, 0.25) is 0 Å². The van der Waals surface area contributed by atoms with Gasteiger partial charge in [0.15, 0.2) is 5.65 Å². The fourth-order valence-corrected chi connectivity index (χ4v) is 4.06. The first kappa shape index (κ1) is 22.6. The molecule has 0 spiro atoms. The van der Waals surface area contributed by atoms with Gasteiger partial charge in [0.05, 0.1) is 24.1 Å². The largest absolute Gasteiger partial charge is 0.408 e. The monoisotopic (exact) mass is 484 g/mol. The standard InChI is InChI=1S/C23H20F4N8/c1-2-19(14-3-5-18(24)6-4-14)34-12-16(9-30-34)15-7-20(35-21(8-15)31-22(28)32-35)17-10-29-33(11-17)13-23(25,26)27/h3-12,19H,2,13H2,1H3,(H2,28,32). The van der Waals surface area contributed by atoms with Crippen molar-refractivity contribution in [1.29, 1.82) is 0 Å². The molecule has 12 heteroatoms. The van der Waals surface area contributed by atoms with E-state index in [0.29, 0.717) is 16.9 Å². The summed E-state index contributed by atoms with van der Waals surface area (Å²) in [5, 5.41) is 12.5. The number of nitrogens with zero attached hydrogens (tertiary/aromatic N) is 7. The number of aromatic nitrogens is 7. The average molecular weight is 484 g/mol. The molecule has 0 aliphatic carbocycles. The normalized spacial score (nSPS) is 12.9. The van der Waals surface area contributed by atoms with Gasteiger partial charge in [-0.2, -0.15) is 28.4 Å². The Balaban J connectivity index is 1.55. The van der Waals surface area contributed by atoms with Crippen molar-refractivity contribution in [1.82, 2.24) is 34.2 Å². The van der Waals surface area contributed by atoms with E-state index in [1.165, 1.54) is 29.0 Å². The molecule has 0 aliphatic heterocycles. The fraction of sp³-hybridized carbons (Fsp3) is 0.217. The number of rotatable bonds is 6. The van der Waals surface area contributed by atoms with Crippen LogP contribution in [0.1, 0.15) is 24.9 Å². The van der Waals surface area contributed by atoms with Crippen LogP contribution in [-0.4, -0.2) is 40.3 Å². The van der Waals surface area contributed by atoms with Gasteiger partial charge in [0, 0.05) is 23.5 Å². The second-order valence-corrected chi connectivity index (χ2v) is 8.10. The fourth-order valence-electron chi connectivity index (χ4n) is 4.06. The number of fused-ring (bicyclic) bond motifs is 1. The molecule has 0 saturated heterocycles. The number of anilines is 1. The molecular weight excluding hydrogens is 464 g/mol. The zero-order chi connectivity index (χ0) is 24.7. The highest BCUT2D eigenvalue weighted by molar-refractivity contribution is 5.74. The van der Waals surface area contributed by atoms with Gasteiger partial charge in [0.25, 0.3) is 0 Å². The summed E-state index contributed by atoms with van der Waals surface area (Å²) in [5.41, 5.74) is 9.54. The van der Waals surface area contributed by atoms with Crippen molar-refractivity contribution >= 4 is 11.6 Å². The predicted octanol–water partition coefficient (Wildman–Crippen LogP) is 4.74. The van der Waals surface area contributed by atoms with Gasteiger partial charge in [-0.1, -0.05) is 19.1 Å². The minimum Gasteiger partial charge on any atom is -0.366 e. The van der Waals surface area contributed by atoms with Gasteiger partial charge in [-0.25, -0.2) is 8.91 Å². The Kier molecular flexibility index (Phi) is 5.50. The molecule has 1 aromatic carbocycles. The molecule has 5 aromatic rings. The maximum absolute atomic E-state index is 13.4. The minimum atomic E-state index is -4.40. The number of nitrogen functional groups attached to an aromatic ring is 1. The summed E-state index contributed by atoms with van der Waals surface area (Å²) in [4.78, 5) is 4.23. The molecule has 0 amide bonds. The number of pyridine rings is 1. The summed E-state index contributed by atoms with van der Waals surface area (Å²) in [6.07, 6.45) is 2.53. The van der Waals surface area contributed by atoms with Crippen LogP contribution in [-0.2, 0) is 6.54 Å². The van der Waals surface area contributed by atoms with Gasteiger partial charge in [-0.15, -0.1) is 5.10 Å². The quantitative estimate of drug-likeness (QED) is 0.352. The Bertz CT molecular complexity index is 1480. The molecule has 4 aromatic heterocycles. The molecule has 5 rings (SSSR count). The van der Waals surface area contributed by atoms with Crippen molar-refractivity contribution in [2.24, 2.45) is 0 Å². The topological polar surface area (TPSA) is 91.8 Å². The van der Waals surface area contributed by atoms with Gasteiger partial charge in [-0.05, 0) is 41.8 Å². The third-order valence-electron chi connectivity index (χ3n) is 5.62. The van der Waals surface area contributed by atoms with Crippen LogP contribution in [0.3, 0.4) is 0 Å². The lowest BCUT2D eigenvalue weighted by Crippen LogP contribution is -2.17. The van der Waals surface area contributed by atoms with E-state index < -0.39 is 12.7 Å². The highest BCUT2D eigenvalue weighted by atomic mass is 19.4. The van der Waals surface area contributed by atoms with E-state index >= 15 is 0 Å². The molecule has 0 radical (unpaired) electrons. The van der Waals surface area contributed by atoms with Crippen LogP contribution in [0.4, 0.5) is 23.5 Å². The number of halogens is 4. The highest BCUT2D eigenvalue weighted by Crippen LogP contribution is 2.30. The van der Waals surface area contributed by atoms with Crippen molar-refractivity contribution < 1.29 is 17.6 Å². The first-order valence-corrected chi connectivity index (χ1v) is 10.8. The van der Waals surface area contributed by atoms with Gasteiger partial charge < -0.3 is 5.73 Å². The molecule has 0 saturated carbocycles. The van der Waals surface area contributed by atoms with E-state index in [0.717, 1.165) is 27.8 Å². The van der Waals surface area contributed by atoms with Crippen LogP contribution >= 0.6 is 0 Å². The number of nitrogens with two attached hydrogens (primary N) is 1. The molecule has 2 N–H and O–H groups in total. The molecule has 180 valence electrons. The smallest absolute Gasteiger partial charge is 0.366 e. The average Bonchev–Trinajstić information content (AvgIpc) is 3.53. The molecule has 0 fully saturated rings. The SMILES string of the molecule is CCC(c1ccc(F)cc1)n1cc(-c2cc(-c3cnn(CC(F)(F)F)c3)n3nc(N)nc3c2)cn1. The molecule has 1 unspecified atom stereocenters. The van der Waals surface area contributed by atoms with E-state index in [1.54, 1.807) is 35.1 Å². The molecule has 1 atom stereocenters.